The molecule has 3 aliphatic heterocycles. The smallest absolute Gasteiger partial charge is 0.244 e. The molecule has 1 aromatic carbocycles. The number of piperidine rings is 1. The van der Waals surface area contributed by atoms with Crippen LogP contribution in [0.1, 0.15) is 48.6 Å². The first-order valence-electron chi connectivity index (χ1n) is 13.5. The first kappa shape index (κ1) is 28.3. The molecule has 0 unspecified atom stereocenters. The number of likely N-dealkylation sites (tertiary alicyclic amines) is 2. The second-order valence-electron chi connectivity index (χ2n) is 10.9. The van der Waals surface area contributed by atoms with E-state index in [-0.39, 0.29) is 24.4 Å². The molecule has 0 spiro atoms. The number of rotatable bonds is 8. The number of sulfonamides is 1. The fourth-order valence-electron chi connectivity index (χ4n) is 5.96. The van der Waals surface area contributed by atoms with Crippen molar-refractivity contribution < 1.29 is 18.0 Å². The Morgan fingerprint density at radius 3 is 2.72 bits per heavy atom. The van der Waals surface area contributed by atoms with E-state index in [2.05, 4.69) is 33.9 Å². The third-order valence-electron chi connectivity index (χ3n) is 7.94. The summed E-state index contributed by atoms with van der Waals surface area (Å²) >= 11 is 7.19. The fraction of sp³-hybridized carbons (Fsp3) is 0.500. The fourth-order valence-corrected chi connectivity index (χ4v) is 8.23. The first-order valence-corrected chi connectivity index (χ1v) is 16.2. The topological polar surface area (TPSA) is 90.0 Å². The van der Waals surface area contributed by atoms with Crippen molar-refractivity contribution in [2.24, 2.45) is 0 Å². The van der Waals surface area contributed by atoms with Crippen LogP contribution in [0.5, 0.6) is 0 Å². The number of thiophene rings is 1. The Hall–Kier alpha value is -2.24. The Bertz CT molecular complexity index is 1360. The molecule has 2 amide bonds. The Kier molecular flexibility index (Phi) is 8.49. The van der Waals surface area contributed by atoms with Crippen molar-refractivity contribution in [1.29, 1.82) is 0 Å². The van der Waals surface area contributed by atoms with E-state index in [1.807, 2.05) is 4.90 Å². The lowest BCUT2D eigenvalue weighted by atomic mass is 9.91. The molecule has 2 atom stereocenters. The number of hydrogen-bond acceptors (Lipinski definition) is 6. The summed E-state index contributed by atoms with van der Waals surface area (Å²) in [6.07, 6.45) is 5.37. The Morgan fingerprint density at radius 1 is 1.15 bits per heavy atom. The highest BCUT2D eigenvalue weighted by Gasteiger charge is 2.43. The lowest BCUT2D eigenvalue weighted by Crippen LogP contribution is -2.62. The van der Waals surface area contributed by atoms with Crippen LogP contribution < -0.4 is 4.72 Å². The van der Waals surface area contributed by atoms with Crippen LogP contribution in [0.4, 0.5) is 0 Å². The number of carbonyl (C=O) groups is 2. The number of hydrogen-bond donors (Lipinski definition) is 1. The maximum atomic E-state index is 13.4. The maximum absolute atomic E-state index is 13.4. The highest BCUT2D eigenvalue weighted by atomic mass is 35.5. The third-order valence-corrected chi connectivity index (χ3v) is 10.4. The summed E-state index contributed by atoms with van der Waals surface area (Å²) in [6, 6.07) is 12.1. The van der Waals surface area contributed by atoms with Gasteiger partial charge >= 0.3 is 0 Å². The average molecular weight is 591 g/mol. The molecule has 0 saturated carbocycles. The van der Waals surface area contributed by atoms with Crippen LogP contribution in [0.25, 0.3) is 6.08 Å². The summed E-state index contributed by atoms with van der Waals surface area (Å²) in [6.45, 7) is 5.40. The van der Waals surface area contributed by atoms with E-state index in [0.717, 1.165) is 44.3 Å². The van der Waals surface area contributed by atoms with E-state index in [9.17, 15) is 18.0 Å². The van der Waals surface area contributed by atoms with E-state index >= 15 is 0 Å². The highest BCUT2D eigenvalue weighted by molar-refractivity contribution is 7.92. The number of nitrogens with one attached hydrogen (secondary N) is 1. The minimum atomic E-state index is -3.89. The van der Waals surface area contributed by atoms with Crippen LogP contribution in [0.2, 0.25) is 4.34 Å². The summed E-state index contributed by atoms with van der Waals surface area (Å²) in [5.74, 6) is -0.425. The van der Waals surface area contributed by atoms with Crippen molar-refractivity contribution in [2.45, 2.75) is 57.2 Å². The van der Waals surface area contributed by atoms with Gasteiger partial charge in [0.25, 0.3) is 0 Å². The molecule has 4 heterocycles. The molecule has 0 radical (unpaired) electrons. The van der Waals surface area contributed by atoms with Crippen molar-refractivity contribution in [3.8, 4) is 0 Å². The van der Waals surface area contributed by atoms with Gasteiger partial charge in [-0.15, -0.1) is 11.3 Å². The van der Waals surface area contributed by atoms with Crippen molar-refractivity contribution >= 4 is 50.9 Å². The predicted molar refractivity (Wildman–Crippen MR) is 155 cm³/mol. The quantitative estimate of drug-likeness (QED) is 0.506. The Balaban J connectivity index is 1.19. The number of fused-ring (bicyclic) bond motifs is 1. The SMILES string of the molecule is C[C@]1(NS(=O)(=O)/C=C/c2ccc(Cl)s2)CCCN(CC(=O)N2CCC[C@H]2CN2CCc3ccccc3C2)C1=O. The van der Waals surface area contributed by atoms with Crippen LogP contribution in [0.15, 0.2) is 41.8 Å². The van der Waals surface area contributed by atoms with E-state index in [4.69, 9.17) is 11.6 Å². The summed E-state index contributed by atoms with van der Waals surface area (Å²) in [5.41, 5.74) is 1.46. The van der Waals surface area contributed by atoms with Crippen molar-refractivity contribution in [2.75, 3.05) is 32.7 Å². The zero-order valence-electron chi connectivity index (χ0n) is 22.1. The Morgan fingerprint density at radius 2 is 1.95 bits per heavy atom. The molecule has 210 valence electrons. The third kappa shape index (κ3) is 6.74. The molecular formula is C28H35ClN4O4S2. The Labute approximate surface area is 239 Å². The predicted octanol–water partition coefficient (Wildman–Crippen LogP) is 3.72. The van der Waals surface area contributed by atoms with Crippen LogP contribution in [0, 0.1) is 0 Å². The summed E-state index contributed by atoms with van der Waals surface area (Å²) < 4.78 is 28.7. The molecule has 8 nitrogen and oxygen atoms in total. The monoisotopic (exact) mass is 590 g/mol. The van der Waals surface area contributed by atoms with Crippen LogP contribution >= 0.6 is 22.9 Å². The van der Waals surface area contributed by atoms with Gasteiger partial charge in [0.2, 0.25) is 21.8 Å². The second-order valence-corrected chi connectivity index (χ2v) is 14.2. The molecule has 1 aromatic heterocycles. The molecular weight excluding hydrogens is 556 g/mol. The van der Waals surface area contributed by atoms with Crippen LogP contribution in [-0.4, -0.2) is 79.2 Å². The van der Waals surface area contributed by atoms with Crippen LogP contribution in [0.3, 0.4) is 0 Å². The summed E-state index contributed by atoms with van der Waals surface area (Å²) in [4.78, 5) is 33.4. The summed E-state index contributed by atoms with van der Waals surface area (Å²) in [7, 11) is -3.89. The lowest BCUT2D eigenvalue weighted by molar-refractivity contribution is -0.146. The van der Waals surface area contributed by atoms with Crippen molar-refractivity contribution in [1.82, 2.24) is 19.4 Å². The van der Waals surface area contributed by atoms with Gasteiger partial charge in [-0.1, -0.05) is 35.9 Å². The second kappa shape index (κ2) is 11.7. The van der Waals surface area contributed by atoms with Crippen LogP contribution in [-0.2, 0) is 32.6 Å². The van der Waals surface area contributed by atoms with Gasteiger partial charge in [-0.25, -0.2) is 8.42 Å². The zero-order chi connectivity index (χ0) is 27.6. The molecule has 5 rings (SSSR count). The van der Waals surface area contributed by atoms with Crippen molar-refractivity contribution in [3.63, 3.8) is 0 Å². The number of amides is 2. The zero-order valence-corrected chi connectivity index (χ0v) is 24.5. The van der Waals surface area contributed by atoms with E-state index in [0.29, 0.717) is 35.1 Å². The van der Waals surface area contributed by atoms with Crippen molar-refractivity contribution in [3.05, 3.63) is 62.1 Å². The van der Waals surface area contributed by atoms with Gasteiger partial charge < -0.3 is 9.80 Å². The van der Waals surface area contributed by atoms with Gasteiger partial charge in [0.1, 0.15) is 5.54 Å². The van der Waals surface area contributed by atoms with Gasteiger partial charge in [0, 0.05) is 49.1 Å². The van der Waals surface area contributed by atoms with E-state index < -0.39 is 15.6 Å². The molecule has 0 bridgehead atoms. The first-order chi connectivity index (χ1) is 18.6. The molecule has 2 aromatic rings. The van der Waals surface area contributed by atoms with E-state index in [1.165, 1.54) is 33.4 Å². The lowest BCUT2D eigenvalue weighted by Gasteiger charge is -2.40. The normalized spacial score (nSPS) is 24.5. The largest absolute Gasteiger partial charge is 0.337 e. The standard InChI is InChI=1S/C28H35ClN4O4S2/c1-28(30-39(36,37)17-12-24-9-10-25(29)38-24)13-5-14-32(27(28)35)20-26(34)33-15-4-8-23(33)19-31-16-11-21-6-2-3-7-22(21)18-31/h2-3,6-7,9-10,12,17,23,30H,4-5,8,11,13-16,18-20H2,1H3/b17-12+/t23-,28-/m0/s1. The molecule has 1 N–H and O–H groups in total. The van der Waals surface area contributed by atoms with Gasteiger partial charge in [-0.05, 0) is 68.4 Å². The average Bonchev–Trinajstić information content (AvgIpc) is 3.54. The molecule has 39 heavy (non-hydrogen) atoms. The molecule has 11 heteroatoms. The highest BCUT2D eigenvalue weighted by Crippen LogP contribution is 2.27. The number of nitrogens with zero attached hydrogens (tertiary/aromatic N) is 3. The minimum absolute atomic E-state index is 0.0288. The van der Waals surface area contributed by atoms with Gasteiger partial charge in [0.15, 0.2) is 0 Å². The number of benzene rings is 1. The van der Waals surface area contributed by atoms with Gasteiger partial charge in [0.05, 0.1) is 10.9 Å². The number of carbonyl (C=O) groups excluding carboxylic acids is 2. The molecule has 0 aliphatic carbocycles. The summed E-state index contributed by atoms with van der Waals surface area (Å²) in [5, 5.41) is 1.06. The minimum Gasteiger partial charge on any atom is -0.337 e. The van der Waals surface area contributed by atoms with Gasteiger partial charge in [-0.3, -0.25) is 14.5 Å². The molecule has 3 aliphatic rings. The van der Waals surface area contributed by atoms with E-state index in [1.54, 1.807) is 19.1 Å². The molecule has 2 fully saturated rings. The van der Waals surface area contributed by atoms with Gasteiger partial charge in [-0.2, -0.15) is 4.72 Å². The number of halogens is 1. The maximum Gasteiger partial charge on any atom is 0.244 e. The molecule has 2 saturated heterocycles.